The van der Waals surface area contributed by atoms with Gasteiger partial charge in [-0.3, -0.25) is 4.79 Å². The van der Waals surface area contributed by atoms with Crippen LogP contribution in [0.15, 0.2) is 22.7 Å². The van der Waals surface area contributed by atoms with Crippen molar-refractivity contribution in [2.24, 2.45) is 0 Å². The van der Waals surface area contributed by atoms with Crippen LogP contribution in [0.2, 0.25) is 0 Å². The fourth-order valence-corrected chi connectivity index (χ4v) is 1.64. The van der Waals surface area contributed by atoms with Crippen molar-refractivity contribution >= 4 is 21.8 Å². The van der Waals surface area contributed by atoms with Gasteiger partial charge in [0, 0.05) is 4.47 Å². The van der Waals surface area contributed by atoms with Gasteiger partial charge in [-0.25, -0.2) is 4.39 Å². The van der Waals surface area contributed by atoms with Crippen molar-refractivity contribution in [3.8, 4) is 0 Å². The first-order valence-electron chi connectivity index (χ1n) is 4.95. The number of carbonyl (C=O) groups excluding carboxylic acids is 1. The van der Waals surface area contributed by atoms with Crippen LogP contribution in [0.3, 0.4) is 0 Å². The van der Waals surface area contributed by atoms with Crippen LogP contribution in [0.1, 0.15) is 23.7 Å². The topological polar surface area (TPSA) is 49.3 Å². The molecule has 0 aliphatic rings. The van der Waals surface area contributed by atoms with Gasteiger partial charge in [-0.05, 0) is 40.5 Å². The zero-order chi connectivity index (χ0) is 12.1. The van der Waals surface area contributed by atoms with Gasteiger partial charge in [-0.2, -0.15) is 0 Å². The molecule has 0 fully saturated rings. The second-order valence-corrected chi connectivity index (χ2v) is 4.24. The predicted molar refractivity (Wildman–Crippen MR) is 62.7 cm³/mol. The minimum atomic E-state index is -0.467. The minimum absolute atomic E-state index is 0.130. The third-order valence-corrected chi connectivity index (χ3v) is 2.91. The number of aliphatic hydroxyl groups excluding tert-OH is 1. The highest BCUT2D eigenvalue weighted by atomic mass is 79.9. The summed E-state index contributed by atoms with van der Waals surface area (Å²) in [4.78, 5) is 11.7. The zero-order valence-electron chi connectivity index (χ0n) is 8.84. The number of rotatable bonds is 4. The molecule has 1 atom stereocenters. The van der Waals surface area contributed by atoms with Crippen LogP contribution in [0.4, 0.5) is 4.39 Å². The molecule has 0 aliphatic carbocycles. The maximum absolute atomic E-state index is 13.0. The van der Waals surface area contributed by atoms with Gasteiger partial charge in [0.2, 0.25) is 0 Å². The van der Waals surface area contributed by atoms with Crippen molar-refractivity contribution in [1.29, 1.82) is 0 Å². The lowest BCUT2D eigenvalue weighted by atomic mass is 10.1. The van der Waals surface area contributed by atoms with E-state index in [9.17, 15) is 9.18 Å². The summed E-state index contributed by atoms with van der Waals surface area (Å²) in [6.07, 6.45) is 0.620. The smallest absolute Gasteiger partial charge is 0.252 e. The van der Waals surface area contributed by atoms with E-state index < -0.39 is 11.7 Å². The zero-order valence-corrected chi connectivity index (χ0v) is 10.4. The summed E-state index contributed by atoms with van der Waals surface area (Å²) in [6.45, 7) is 1.72. The van der Waals surface area contributed by atoms with Crippen LogP contribution in [-0.2, 0) is 0 Å². The SMILES string of the molecule is CC[C@@H](CO)NC(=O)c1cc(F)ccc1Br. The highest BCUT2D eigenvalue weighted by molar-refractivity contribution is 9.10. The van der Waals surface area contributed by atoms with Crippen molar-refractivity contribution in [3.05, 3.63) is 34.1 Å². The van der Waals surface area contributed by atoms with Gasteiger partial charge in [0.25, 0.3) is 5.91 Å². The van der Waals surface area contributed by atoms with Crippen molar-refractivity contribution in [2.45, 2.75) is 19.4 Å². The molecule has 1 amide bonds. The number of benzene rings is 1. The number of hydrogen-bond acceptors (Lipinski definition) is 2. The normalized spacial score (nSPS) is 12.2. The Balaban J connectivity index is 2.83. The van der Waals surface area contributed by atoms with Crippen molar-refractivity contribution < 1.29 is 14.3 Å². The Morgan fingerprint density at radius 1 is 1.62 bits per heavy atom. The second-order valence-electron chi connectivity index (χ2n) is 3.39. The monoisotopic (exact) mass is 289 g/mol. The maximum atomic E-state index is 13.0. The van der Waals surface area contributed by atoms with E-state index >= 15 is 0 Å². The molecule has 5 heteroatoms. The number of carbonyl (C=O) groups is 1. The molecule has 0 bridgehead atoms. The highest BCUT2D eigenvalue weighted by Gasteiger charge is 2.14. The first kappa shape index (κ1) is 13.1. The summed E-state index contributed by atoms with van der Waals surface area (Å²) in [5.74, 6) is -0.863. The average Bonchev–Trinajstić information content (AvgIpc) is 2.28. The third kappa shape index (κ3) is 3.28. The van der Waals surface area contributed by atoms with E-state index in [1.54, 1.807) is 0 Å². The van der Waals surface area contributed by atoms with E-state index in [0.29, 0.717) is 10.9 Å². The van der Waals surface area contributed by atoms with E-state index in [1.165, 1.54) is 12.1 Å². The maximum Gasteiger partial charge on any atom is 0.252 e. The first-order chi connectivity index (χ1) is 7.58. The van der Waals surface area contributed by atoms with Gasteiger partial charge in [-0.15, -0.1) is 0 Å². The van der Waals surface area contributed by atoms with E-state index in [-0.39, 0.29) is 18.2 Å². The molecule has 0 aromatic heterocycles. The first-order valence-corrected chi connectivity index (χ1v) is 5.74. The van der Waals surface area contributed by atoms with Gasteiger partial charge in [0.15, 0.2) is 0 Å². The Kier molecular flexibility index (Phi) is 4.89. The molecule has 0 spiro atoms. The number of halogens is 2. The van der Waals surface area contributed by atoms with Crippen LogP contribution >= 0.6 is 15.9 Å². The largest absolute Gasteiger partial charge is 0.394 e. The lowest BCUT2D eigenvalue weighted by Crippen LogP contribution is -2.37. The molecule has 1 aromatic rings. The van der Waals surface area contributed by atoms with Crippen molar-refractivity contribution in [2.75, 3.05) is 6.61 Å². The van der Waals surface area contributed by atoms with Crippen molar-refractivity contribution in [3.63, 3.8) is 0 Å². The van der Waals surface area contributed by atoms with E-state index in [2.05, 4.69) is 21.2 Å². The third-order valence-electron chi connectivity index (χ3n) is 2.22. The van der Waals surface area contributed by atoms with Crippen LogP contribution in [0, 0.1) is 5.82 Å². The van der Waals surface area contributed by atoms with Gasteiger partial charge < -0.3 is 10.4 Å². The molecule has 0 aliphatic heterocycles. The summed E-state index contributed by atoms with van der Waals surface area (Å²) in [5, 5.41) is 11.6. The minimum Gasteiger partial charge on any atom is -0.394 e. The standard InChI is InChI=1S/C11H13BrFNO2/c1-2-8(6-15)14-11(16)9-5-7(13)3-4-10(9)12/h3-5,8,15H,2,6H2,1H3,(H,14,16)/t8-/m0/s1. The predicted octanol–water partition coefficient (Wildman–Crippen LogP) is 2.09. The molecule has 1 rings (SSSR count). The molecule has 0 radical (unpaired) electrons. The average molecular weight is 290 g/mol. The molecule has 2 N–H and O–H groups in total. The Bertz CT molecular complexity index is 380. The fourth-order valence-electron chi connectivity index (χ4n) is 1.21. The molecule has 1 aromatic carbocycles. The molecule has 16 heavy (non-hydrogen) atoms. The molecule has 0 unspecified atom stereocenters. The molecule has 0 heterocycles. The number of aliphatic hydroxyl groups is 1. The van der Waals surface area contributed by atoms with Gasteiger partial charge in [-0.1, -0.05) is 6.92 Å². The van der Waals surface area contributed by atoms with E-state index in [1.807, 2.05) is 6.92 Å². The summed E-state index contributed by atoms with van der Waals surface area (Å²) in [7, 11) is 0. The summed E-state index contributed by atoms with van der Waals surface area (Å²) >= 11 is 3.17. The van der Waals surface area contributed by atoms with E-state index in [4.69, 9.17) is 5.11 Å². The van der Waals surface area contributed by atoms with Crippen LogP contribution in [-0.4, -0.2) is 23.7 Å². The van der Waals surface area contributed by atoms with Crippen LogP contribution in [0.25, 0.3) is 0 Å². The number of hydrogen-bond donors (Lipinski definition) is 2. The van der Waals surface area contributed by atoms with Crippen LogP contribution < -0.4 is 5.32 Å². The molecular formula is C11H13BrFNO2. The Morgan fingerprint density at radius 3 is 2.88 bits per heavy atom. The van der Waals surface area contributed by atoms with Gasteiger partial charge in [0.1, 0.15) is 5.82 Å². The molecular weight excluding hydrogens is 277 g/mol. The molecule has 88 valence electrons. The number of amides is 1. The fraction of sp³-hybridized carbons (Fsp3) is 0.364. The summed E-state index contributed by atoms with van der Waals surface area (Å²) in [6, 6.07) is 3.60. The Labute approximate surface area is 102 Å². The van der Waals surface area contributed by atoms with E-state index in [0.717, 1.165) is 6.07 Å². The quantitative estimate of drug-likeness (QED) is 0.892. The summed E-state index contributed by atoms with van der Waals surface area (Å²) in [5.41, 5.74) is 0.229. The number of nitrogens with one attached hydrogen (secondary N) is 1. The Hall–Kier alpha value is -0.940. The molecule has 0 saturated heterocycles. The molecule has 0 saturated carbocycles. The van der Waals surface area contributed by atoms with Gasteiger partial charge >= 0.3 is 0 Å². The highest BCUT2D eigenvalue weighted by Crippen LogP contribution is 2.17. The second kappa shape index (κ2) is 5.96. The molecule has 3 nitrogen and oxygen atoms in total. The van der Waals surface area contributed by atoms with Crippen molar-refractivity contribution in [1.82, 2.24) is 5.32 Å². The summed E-state index contributed by atoms with van der Waals surface area (Å²) < 4.78 is 13.5. The van der Waals surface area contributed by atoms with Gasteiger partial charge in [0.05, 0.1) is 18.2 Å². The Morgan fingerprint density at radius 2 is 2.31 bits per heavy atom. The van der Waals surface area contributed by atoms with Crippen LogP contribution in [0.5, 0.6) is 0 Å². The lowest BCUT2D eigenvalue weighted by Gasteiger charge is -2.14. The lowest BCUT2D eigenvalue weighted by molar-refractivity contribution is 0.0913.